The third-order valence-corrected chi connectivity index (χ3v) is 8.51. The van der Waals surface area contributed by atoms with Crippen LogP contribution in [0.2, 0.25) is 0 Å². The first-order valence-corrected chi connectivity index (χ1v) is 15.3. The van der Waals surface area contributed by atoms with Gasteiger partial charge in [0.05, 0.1) is 19.8 Å². The van der Waals surface area contributed by atoms with Gasteiger partial charge >= 0.3 is 11.9 Å². The molecule has 0 saturated carbocycles. The highest BCUT2D eigenvalue weighted by molar-refractivity contribution is 5.73. The van der Waals surface area contributed by atoms with E-state index in [0.717, 1.165) is 0 Å². The van der Waals surface area contributed by atoms with Crippen molar-refractivity contribution in [2.45, 2.75) is 123 Å². The van der Waals surface area contributed by atoms with Gasteiger partial charge < -0.3 is 110 Å². The number of carboxylic acid groups (broad SMARTS) is 2. The SMILES string of the molecule is NCCO[C@@H]1OC(CO)[C@@H](O[C@@H]2OC(C(=O)O)[C@@H](O)C(O[C@@H]3OC(CO)[C@@H](O[C@@H]4OC(C(=O)O)[C@@H](O)C(O)[C@@H]4O)C(O)[C@@H]3O)[C@@H]2O)C(O)[C@@H]1O. The lowest BCUT2D eigenvalue weighted by atomic mass is 9.95. The number of aliphatic carboxylic acids is 2. The van der Waals surface area contributed by atoms with Crippen molar-refractivity contribution in [1.82, 2.24) is 0 Å². The summed E-state index contributed by atoms with van der Waals surface area (Å²) in [5.41, 5.74) is 5.36. The van der Waals surface area contributed by atoms with E-state index < -0.39 is 148 Å². The number of ether oxygens (including phenoxy) is 8. The Bertz CT molecular complexity index is 1120. The largest absolute Gasteiger partial charge is 0.479 e. The number of nitrogens with two attached hydrogens (primary N) is 1. The van der Waals surface area contributed by atoms with Crippen LogP contribution in [-0.2, 0) is 47.5 Å². The fourth-order valence-corrected chi connectivity index (χ4v) is 5.82. The van der Waals surface area contributed by atoms with E-state index in [4.69, 9.17) is 43.6 Å². The summed E-state index contributed by atoms with van der Waals surface area (Å²) in [5.74, 6) is -3.57. The maximum atomic E-state index is 12.0. The number of aliphatic hydroxyl groups is 11. The quantitative estimate of drug-likeness (QED) is 0.0834. The average Bonchev–Trinajstić information content (AvgIpc) is 3.08. The Kier molecular flexibility index (Phi) is 14.2. The first-order valence-electron chi connectivity index (χ1n) is 15.3. The normalized spacial score (nSPS) is 48.6. The molecule has 4 aliphatic heterocycles. The number of carboxylic acids is 2. The highest BCUT2D eigenvalue weighted by atomic mass is 16.8. The molecule has 15 N–H and O–H groups in total. The van der Waals surface area contributed by atoms with Crippen LogP contribution in [0.15, 0.2) is 0 Å². The van der Waals surface area contributed by atoms with Crippen molar-refractivity contribution < 1.29 is 114 Å². The van der Waals surface area contributed by atoms with Crippen molar-refractivity contribution in [3.63, 3.8) is 0 Å². The van der Waals surface area contributed by atoms with Crippen molar-refractivity contribution in [3.05, 3.63) is 0 Å². The van der Waals surface area contributed by atoms with Crippen LogP contribution in [0.1, 0.15) is 0 Å². The van der Waals surface area contributed by atoms with Gasteiger partial charge in [0.25, 0.3) is 0 Å². The molecule has 0 aromatic carbocycles. The van der Waals surface area contributed by atoms with Crippen molar-refractivity contribution in [3.8, 4) is 0 Å². The number of hydrogen-bond donors (Lipinski definition) is 14. The lowest BCUT2D eigenvalue weighted by Gasteiger charge is -2.48. The van der Waals surface area contributed by atoms with Gasteiger partial charge in [-0.15, -0.1) is 0 Å². The topological polar surface area (TPSA) is 397 Å². The second-order valence-electron chi connectivity index (χ2n) is 11.9. The molecule has 4 saturated heterocycles. The molecule has 0 aromatic heterocycles. The number of rotatable bonds is 13. The Morgan fingerprint density at radius 2 is 0.900 bits per heavy atom. The fraction of sp³-hybridized carbons (Fsp3) is 0.923. The molecule has 20 atom stereocenters. The summed E-state index contributed by atoms with van der Waals surface area (Å²) in [5, 5.41) is 134. The molecule has 4 heterocycles. The highest BCUT2D eigenvalue weighted by Crippen LogP contribution is 2.34. The van der Waals surface area contributed by atoms with Gasteiger partial charge in [0, 0.05) is 6.54 Å². The standard InChI is InChI=1S/C26H43NO23/c27-1-2-43-23-12(35)9(32)16(5(3-28)44-23)47-26-15(38)18(14(37)20(50-26)22(41)42)48-24-13(36)10(33)17(6(4-29)45-24)46-25-11(34)7(30)8(31)19(49-25)21(39)40/h5-20,23-26,28-38H,1-4,27H2,(H,39,40)(H,41,42)/t5?,6?,7?,8-,9?,10?,11-,12-,13-,14-,15-,16+,17+,18?,19?,20?,23+,24-,25+,26+/m0/s1. The molecule has 0 bridgehead atoms. The van der Waals surface area contributed by atoms with E-state index in [0.29, 0.717) is 0 Å². The van der Waals surface area contributed by atoms with E-state index >= 15 is 0 Å². The summed E-state index contributed by atoms with van der Waals surface area (Å²) >= 11 is 0. The van der Waals surface area contributed by atoms with Crippen LogP contribution in [0.4, 0.5) is 0 Å². The maximum absolute atomic E-state index is 12.0. The Morgan fingerprint density at radius 3 is 1.38 bits per heavy atom. The van der Waals surface area contributed by atoms with Gasteiger partial charge in [-0.25, -0.2) is 9.59 Å². The third kappa shape index (κ3) is 8.35. The van der Waals surface area contributed by atoms with E-state index in [9.17, 15) is 76.0 Å². The lowest BCUT2D eigenvalue weighted by Crippen LogP contribution is -2.68. The van der Waals surface area contributed by atoms with Gasteiger partial charge in [0.15, 0.2) is 37.4 Å². The Balaban J connectivity index is 1.50. The summed E-state index contributed by atoms with van der Waals surface area (Å²) in [7, 11) is 0. The molecule has 0 radical (unpaired) electrons. The van der Waals surface area contributed by atoms with Gasteiger partial charge in [-0.05, 0) is 0 Å². The number of aliphatic hydroxyl groups excluding tert-OH is 11. The molecule has 24 nitrogen and oxygen atoms in total. The average molecular weight is 738 g/mol. The molecule has 4 aliphatic rings. The van der Waals surface area contributed by atoms with E-state index in [2.05, 4.69) is 0 Å². The maximum Gasteiger partial charge on any atom is 0.335 e. The second kappa shape index (κ2) is 17.3. The number of carbonyl (C=O) groups is 2. The Morgan fingerprint density at radius 1 is 0.500 bits per heavy atom. The molecule has 4 fully saturated rings. The zero-order valence-corrected chi connectivity index (χ0v) is 25.8. The summed E-state index contributed by atoms with van der Waals surface area (Å²) in [6.45, 7) is -1.98. The molecule has 50 heavy (non-hydrogen) atoms. The van der Waals surface area contributed by atoms with Crippen LogP contribution < -0.4 is 5.73 Å². The minimum absolute atomic E-state index is 0.0123. The molecule has 24 heteroatoms. The molecule has 0 aromatic rings. The van der Waals surface area contributed by atoms with Crippen molar-refractivity contribution in [1.29, 1.82) is 0 Å². The van der Waals surface area contributed by atoms with Crippen LogP contribution in [0.25, 0.3) is 0 Å². The first-order chi connectivity index (χ1) is 23.6. The van der Waals surface area contributed by atoms with Crippen LogP contribution in [0.5, 0.6) is 0 Å². The Hall–Kier alpha value is -1.86. The van der Waals surface area contributed by atoms with Gasteiger partial charge in [-0.1, -0.05) is 0 Å². The minimum Gasteiger partial charge on any atom is -0.479 e. The lowest BCUT2D eigenvalue weighted by molar-refractivity contribution is -0.385. The summed E-state index contributed by atoms with van der Waals surface area (Å²) < 4.78 is 42.7. The molecule has 290 valence electrons. The molecule has 0 amide bonds. The van der Waals surface area contributed by atoms with Gasteiger partial charge in [0.2, 0.25) is 0 Å². The fourth-order valence-electron chi connectivity index (χ4n) is 5.82. The van der Waals surface area contributed by atoms with Crippen LogP contribution in [0, 0.1) is 0 Å². The van der Waals surface area contributed by atoms with Gasteiger partial charge in [-0.3, -0.25) is 0 Å². The van der Waals surface area contributed by atoms with Gasteiger partial charge in [0.1, 0.15) is 85.5 Å². The monoisotopic (exact) mass is 737 g/mol. The minimum atomic E-state index is -2.25. The van der Waals surface area contributed by atoms with Crippen LogP contribution in [0.3, 0.4) is 0 Å². The first kappa shape index (κ1) is 40.9. The zero-order chi connectivity index (χ0) is 37.2. The molecule has 0 spiro atoms. The number of hydrogen-bond acceptors (Lipinski definition) is 22. The van der Waals surface area contributed by atoms with E-state index in [-0.39, 0.29) is 13.2 Å². The Labute approximate surface area is 281 Å². The van der Waals surface area contributed by atoms with Gasteiger partial charge in [-0.2, -0.15) is 0 Å². The van der Waals surface area contributed by atoms with Crippen molar-refractivity contribution >= 4 is 11.9 Å². The predicted octanol–water partition coefficient (Wildman–Crippen LogP) is -9.58. The predicted molar refractivity (Wildman–Crippen MR) is 148 cm³/mol. The molecular weight excluding hydrogens is 694 g/mol. The van der Waals surface area contributed by atoms with Crippen LogP contribution >= 0.6 is 0 Å². The van der Waals surface area contributed by atoms with Crippen LogP contribution in [-0.4, -0.2) is 228 Å². The third-order valence-electron chi connectivity index (χ3n) is 8.51. The van der Waals surface area contributed by atoms with Crippen molar-refractivity contribution in [2.24, 2.45) is 5.73 Å². The smallest absolute Gasteiger partial charge is 0.335 e. The summed E-state index contributed by atoms with van der Waals surface area (Å²) in [6.07, 6.45) is -39.7. The zero-order valence-electron chi connectivity index (χ0n) is 25.8. The van der Waals surface area contributed by atoms with Crippen molar-refractivity contribution in [2.75, 3.05) is 26.4 Å². The summed E-state index contributed by atoms with van der Waals surface area (Å²) in [4.78, 5) is 23.4. The molecule has 4 rings (SSSR count). The van der Waals surface area contributed by atoms with E-state index in [1.807, 2.05) is 0 Å². The van der Waals surface area contributed by atoms with E-state index in [1.54, 1.807) is 0 Å². The molecule has 0 aliphatic carbocycles. The molecular formula is C26H43NO23. The second-order valence-corrected chi connectivity index (χ2v) is 11.9. The van der Waals surface area contributed by atoms with E-state index in [1.165, 1.54) is 0 Å². The highest BCUT2D eigenvalue weighted by Gasteiger charge is 2.56. The summed E-state index contributed by atoms with van der Waals surface area (Å²) in [6, 6.07) is 0. The molecule has 8 unspecified atom stereocenters.